The van der Waals surface area contributed by atoms with Crippen molar-refractivity contribution >= 4 is 28.8 Å². The number of hydrogen-bond acceptors (Lipinski definition) is 6. The smallest absolute Gasteiger partial charge is 0.191 e. The van der Waals surface area contributed by atoms with Crippen molar-refractivity contribution in [2.45, 2.75) is 31.3 Å². The molecule has 0 aliphatic heterocycles. The van der Waals surface area contributed by atoms with Crippen LogP contribution in [0.4, 0.5) is 5.69 Å². The van der Waals surface area contributed by atoms with E-state index in [1.165, 1.54) is 11.1 Å². The van der Waals surface area contributed by atoms with Gasteiger partial charge < -0.3 is 9.47 Å². The second kappa shape index (κ2) is 9.02. The zero-order valence-electron chi connectivity index (χ0n) is 17.7. The number of benzene rings is 2. The van der Waals surface area contributed by atoms with Gasteiger partial charge in [-0.1, -0.05) is 53.7 Å². The molecular formula is C23H25N5S2. The van der Waals surface area contributed by atoms with Crippen LogP contribution in [-0.4, -0.2) is 33.8 Å². The Morgan fingerprint density at radius 2 is 1.83 bits per heavy atom. The first-order valence-corrected chi connectivity index (χ1v) is 11.8. The van der Waals surface area contributed by atoms with Crippen LogP contribution in [0.2, 0.25) is 0 Å². The summed E-state index contributed by atoms with van der Waals surface area (Å²) < 4.78 is 2.17. The average Bonchev–Trinajstić information content (AvgIpc) is 3.39. The van der Waals surface area contributed by atoms with Crippen LogP contribution in [0, 0.1) is 6.92 Å². The second-order valence-corrected chi connectivity index (χ2v) is 9.09. The molecule has 0 radical (unpaired) electrons. The maximum Gasteiger partial charge on any atom is 0.191 e. The standard InChI is InChI=1S/C23H25N5S2/c1-5-28-21(18-7-6-8-20(13-18)27(3)4)25-26-23(28)30-15-19-14-29-22(24-19)17-11-9-16(2)10-12-17/h6-14H,5,15H2,1-4H3. The van der Waals surface area contributed by atoms with Gasteiger partial charge in [-0.15, -0.1) is 21.5 Å². The summed E-state index contributed by atoms with van der Waals surface area (Å²) in [5.41, 5.74) is 5.73. The van der Waals surface area contributed by atoms with Crippen LogP contribution >= 0.6 is 23.1 Å². The van der Waals surface area contributed by atoms with Crippen LogP contribution in [0.1, 0.15) is 18.2 Å². The molecule has 0 amide bonds. The van der Waals surface area contributed by atoms with Crippen molar-refractivity contribution in [2.24, 2.45) is 0 Å². The van der Waals surface area contributed by atoms with E-state index in [4.69, 9.17) is 4.98 Å². The number of hydrogen-bond donors (Lipinski definition) is 0. The summed E-state index contributed by atoms with van der Waals surface area (Å²) in [5, 5.41) is 13.1. The van der Waals surface area contributed by atoms with Crippen molar-refractivity contribution in [1.29, 1.82) is 0 Å². The SMILES string of the molecule is CCn1c(SCc2csc(-c3ccc(C)cc3)n2)nnc1-c1cccc(N(C)C)c1. The van der Waals surface area contributed by atoms with Crippen LogP contribution in [0.15, 0.2) is 59.1 Å². The number of nitrogens with zero attached hydrogens (tertiary/aromatic N) is 5. The largest absolute Gasteiger partial charge is 0.378 e. The Hall–Kier alpha value is -2.64. The van der Waals surface area contributed by atoms with Gasteiger partial charge in [-0.05, 0) is 26.0 Å². The van der Waals surface area contributed by atoms with E-state index in [9.17, 15) is 0 Å². The van der Waals surface area contributed by atoms with Crippen LogP contribution in [0.3, 0.4) is 0 Å². The van der Waals surface area contributed by atoms with E-state index in [0.717, 1.165) is 45.2 Å². The number of thioether (sulfide) groups is 1. The first kappa shape index (κ1) is 20.6. The minimum atomic E-state index is 0.776. The van der Waals surface area contributed by atoms with Gasteiger partial charge >= 0.3 is 0 Å². The average molecular weight is 436 g/mol. The van der Waals surface area contributed by atoms with Crippen molar-refractivity contribution in [2.75, 3.05) is 19.0 Å². The van der Waals surface area contributed by atoms with Gasteiger partial charge in [-0.2, -0.15) is 0 Å². The molecule has 0 saturated carbocycles. The number of thiazole rings is 1. The van der Waals surface area contributed by atoms with E-state index in [0.29, 0.717) is 0 Å². The normalized spacial score (nSPS) is 11.1. The van der Waals surface area contributed by atoms with E-state index >= 15 is 0 Å². The van der Waals surface area contributed by atoms with Crippen molar-refractivity contribution < 1.29 is 0 Å². The summed E-state index contributed by atoms with van der Waals surface area (Å²) in [5.74, 6) is 1.68. The summed E-state index contributed by atoms with van der Waals surface area (Å²) in [7, 11) is 4.09. The molecule has 4 rings (SSSR count). The Bertz CT molecular complexity index is 1130. The Morgan fingerprint density at radius 3 is 2.57 bits per heavy atom. The van der Waals surface area contributed by atoms with Gasteiger partial charge in [-0.3, -0.25) is 0 Å². The van der Waals surface area contributed by atoms with Crippen molar-refractivity contribution in [3.8, 4) is 22.0 Å². The lowest BCUT2D eigenvalue weighted by atomic mass is 10.2. The highest BCUT2D eigenvalue weighted by atomic mass is 32.2. The summed E-state index contributed by atoms with van der Waals surface area (Å²) in [6.45, 7) is 5.05. The van der Waals surface area contributed by atoms with Gasteiger partial charge in [0.15, 0.2) is 11.0 Å². The predicted molar refractivity (Wildman–Crippen MR) is 127 cm³/mol. The highest BCUT2D eigenvalue weighted by molar-refractivity contribution is 7.98. The highest BCUT2D eigenvalue weighted by Gasteiger charge is 2.15. The molecule has 154 valence electrons. The lowest BCUT2D eigenvalue weighted by Gasteiger charge is -2.13. The van der Waals surface area contributed by atoms with Gasteiger partial charge in [0, 0.05) is 48.6 Å². The number of aromatic nitrogens is 4. The van der Waals surface area contributed by atoms with E-state index in [2.05, 4.69) is 87.4 Å². The molecule has 0 unspecified atom stereocenters. The van der Waals surface area contributed by atoms with Gasteiger partial charge in [0.05, 0.1) is 5.69 Å². The molecule has 0 bridgehead atoms. The molecule has 2 heterocycles. The molecule has 5 nitrogen and oxygen atoms in total. The van der Waals surface area contributed by atoms with Gasteiger partial charge in [0.2, 0.25) is 0 Å². The topological polar surface area (TPSA) is 46.8 Å². The molecule has 0 spiro atoms. The molecular weight excluding hydrogens is 410 g/mol. The fraction of sp³-hybridized carbons (Fsp3) is 0.261. The molecule has 7 heteroatoms. The number of anilines is 1. The van der Waals surface area contributed by atoms with Crippen LogP contribution < -0.4 is 4.90 Å². The third-order valence-corrected chi connectivity index (χ3v) is 6.79. The Balaban J connectivity index is 1.51. The predicted octanol–water partition coefficient (Wildman–Crippen LogP) is 5.76. The van der Waals surface area contributed by atoms with Crippen LogP contribution in [-0.2, 0) is 12.3 Å². The lowest BCUT2D eigenvalue weighted by molar-refractivity contribution is 0.687. The van der Waals surface area contributed by atoms with E-state index in [-0.39, 0.29) is 0 Å². The minimum absolute atomic E-state index is 0.776. The van der Waals surface area contributed by atoms with Crippen molar-refractivity contribution in [1.82, 2.24) is 19.7 Å². The summed E-state index contributed by atoms with van der Waals surface area (Å²) in [6.07, 6.45) is 0. The van der Waals surface area contributed by atoms with Gasteiger partial charge in [0.1, 0.15) is 5.01 Å². The zero-order chi connectivity index (χ0) is 21.1. The third kappa shape index (κ3) is 4.42. The molecule has 0 atom stereocenters. The summed E-state index contributed by atoms with van der Waals surface area (Å²) >= 11 is 3.37. The quantitative estimate of drug-likeness (QED) is 0.346. The number of aryl methyl sites for hydroxylation is 1. The molecule has 0 saturated heterocycles. The van der Waals surface area contributed by atoms with Gasteiger partial charge in [0.25, 0.3) is 0 Å². The highest BCUT2D eigenvalue weighted by Crippen LogP contribution is 2.30. The third-order valence-electron chi connectivity index (χ3n) is 4.85. The van der Waals surface area contributed by atoms with Gasteiger partial charge in [-0.25, -0.2) is 4.98 Å². The van der Waals surface area contributed by atoms with E-state index < -0.39 is 0 Å². The Labute approximate surface area is 185 Å². The van der Waals surface area contributed by atoms with Crippen LogP contribution in [0.5, 0.6) is 0 Å². The maximum atomic E-state index is 4.81. The maximum absolute atomic E-state index is 4.81. The monoisotopic (exact) mass is 435 g/mol. The first-order valence-electron chi connectivity index (χ1n) is 9.90. The molecule has 0 N–H and O–H groups in total. The fourth-order valence-corrected chi connectivity index (χ4v) is 4.98. The second-order valence-electron chi connectivity index (χ2n) is 7.29. The summed E-state index contributed by atoms with van der Waals surface area (Å²) in [6, 6.07) is 16.9. The molecule has 30 heavy (non-hydrogen) atoms. The lowest BCUT2D eigenvalue weighted by Crippen LogP contribution is -2.08. The zero-order valence-corrected chi connectivity index (χ0v) is 19.3. The Kier molecular flexibility index (Phi) is 6.20. The minimum Gasteiger partial charge on any atom is -0.378 e. The summed E-state index contributed by atoms with van der Waals surface area (Å²) in [4.78, 5) is 6.91. The van der Waals surface area contributed by atoms with E-state index in [1.54, 1.807) is 23.1 Å². The molecule has 0 aliphatic carbocycles. The van der Waals surface area contributed by atoms with Crippen molar-refractivity contribution in [3.05, 3.63) is 65.2 Å². The molecule has 0 fully saturated rings. The molecule has 2 aromatic heterocycles. The van der Waals surface area contributed by atoms with Crippen molar-refractivity contribution in [3.63, 3.8) is 0 Å². The Morgan fingerprint density at radius 1 is 1.03 bits per heavy atom. The molecule has 4 aromatic rings. The van der Waals surface area contributed by atoms with Crippen LogP contribution in [0.25, 0.3) is 22.0 Å². The van der Waals surface area contributed by atoms with E-state index in [1.807, 2.05) is 14.1 Å². The first-order chi connectivity index (χ1) is 14.5. The molecule has 0 aliphatic rings. The fourth-order valence-electron chi connectivity index (χ4n) is 3.16. The molecule has 2 aromatic carbocycles. The number of rotatable bonds is 7.